The van der Waals surface area contributed by atoms with Gasteiger partial charge < -0.3 is 14.8 Å². The molecule has 0 bridgehead atoms. The molecule has 4 heteroatoms. The van der Waals surface area contributed by atoms with Gasteiger partial charge in [-0.2, -0.15) is 0 Å². The van der Waals surface area contributed by atoms with Gasteiger partial charge in [-0.25, -0.2) is 0 Å². The number of carbonyl (C=O) groups is 1. The average molecular weight is 277 g/mol. The number of hydrogen-bond acceptors (Lipinski definition) is 3. The van der Waals surface area contributed by atoms with Crippen molar-refractivity contribution in [1.82, 2.24) is 5.32 Å². The number of hydrogen-bond donors (Lipinski definition) is 1. The molecule has 1 amide bonds. The smallest absolute Gasteiger partial charge is 0.249 e. The second kappa shape index (κ2) is 7.29. The SMILES string of the molecule is CCc1cc(CCNC(=O)C2CCCO2)ccc1OC. The summed E-state index contributed by atoms with van der Waals surface area (Å²) in [5.74, 6) is 0.950. The first kappa shape index (κ1) is 14.9. The lowest BCUT2D eigenvalue weighted by atomic mass is 10.1. The Morgan fingerprint density at radius 1 is 1.50 bits per heavy atom. The summed E-state index contributed by atoms with van der Waals surface area (Å²) in [6.07, 6.45) is 3.36. The standard InChI is InChI=1S/C16H23NO3/c1-3-13-11-12(6-7-14(13)19-2)8-9-17-16(18)15-5-4-10-20-15/h6-7,11,15H,3-5,8-10H2,1-2H3,(H,17,18). The molecule has 0 spiro atoms. The molecule has 1 aromatic rings. The zero-order valence-electron chi connectivity index (χ0n) is 12.3. The van der Waals surface area contributed by atoms with Gasteiger partial charge in [0.2, 0.25) is 5.91 Å². The normalized spacial score (nSPS) is 18.0. The maximum Gasteiger partial charge on any atom is 0.249 e. The van der Waals surface area contributed by atoms with Crippen LogP contribution in [0.4, 0.5) is 0 Å². The number of aryl methyl sites for hydroxylation is 1. The molecule has 110 valence electrons. The first-order valence-electron chi connectivity index (χ1n) is 7.29. The van der Waals surface area contributed by atoms with Gasteiger partial charge in [-0.15, -0.1) is 0 Å². The van der Waals surface area contributed by atoms with Crippen LogP contribution < -0.4 is 10.1 Å². The molecule has 1 fully saturated rings. The Hall–Kier alpha value is -1.55. The van der Waals surface area contributed by atoms with Gasteiger partial charge in [0.15, 0.2) is 0 Å². The summed E-state index contributed by atoms with van der Waals surface area (Å²) >= 11 is 0. The summed E-state index contributed by atoms with van der Waals surface area (Å²) in [4.78, 5) is 11.8. The first-order chi connectivity index (χ1) is 9.74. The Morgan fingerprint density at radius 3 is 3.00 bits per heavy atom. The van der Waals surface area contributed by atoms with Crippen molar-refractivity contribution in [2.75, 3.05) is 20.3 Å². The van der Waals surface area contributed by atoms with Crippen LogP contribution in [0.3, 0.4) is 0 Å². The molecule has 0 radical (unpaired) electrons. The lowest BCUT2D eigenvalue weighted by molar-refractivity contribution is -0.129. The highest BCUT2D eigenvalue weighted by molar-refractivity contribution is 5.80. The molecule has 1 aliphatic rings. The molecule has 20 heavy (non-hydrogen) atoms. The maximum absolute atomic E-state index is 11.8. The van der Waals surface area contributed by atoms with Gasteiger partial charge in [-0.05, 0) is 42.9 Å². The lowest BCUT2D eigenvalue weighted by Crippen LogP contribution is -2.35. The molecule has 0 saturated carbocycles. The van der Waals surface area contributed by atoms with Gasteiger partial charge >= 0.3 is 0 Å². The molecule has 1 aromatic carbocycles. The number of methoxy groups -OCH3 is 1. The van der Waals surface area contributed by atoms with E-state index in [1.807, 2.05) is 6.07 Å². The molecular weight excluding hydrogens is 254 g/mol. The number of rotatable bonds is 6. The highest BCUT2D eigenvalue weighted by Gasteiger charge is 2.22. The molecular formula is C16H23NO3. The summed E-state index contributed by atoms with van der Waals surface area (Å²) in [6.45, 7) is 3.46. The molecule has 0 aliphatic carbocycles. The van der Waals surface area contributed by atoms with Crippen molar-refractivity contribution >= 4 is 5.91 Å². The monoisotopic (exact) mass is 277 g/mol. The van der Waals surface area contributed by atoms with Gasteiger partial charge in [0.25, 0.3) is 0 Å². The third kappa shape index (κ3) is 3.73. The number of nitrogens with one attached hydrogen (secondary N) is 1. The van der Waals surface area contributed by atoms with Crippen molar-refractivity contribution in [3.8, 4) is 5.75 Å². The van der Waals surface area contributed by atoms with Crippen LogP contribution in [0.2, 0.25) is 0 Å². The molecule has 1 unspecified atom stereocenters. The van der Waals surface area contributed by atoms with Crippen molar-refractivity contribution in [2.45, 2.75) is 38.7 Å². The molecule has 4 nitrogen and oxygen atoms in total. The predicted octanol–water partition coefficient (Wildman–Crippen LogP) is 2.10. The van der Waals surface area contributed by atoms with Crippen LogP contribution in [0, 0.1) is 0 Å². The number of amides is 1. The fourth-order valence-electron chi connectivity index (χ4n) is 2.49. The van der Waals surface area contributed by atoms with Crippen molar-refractivity contribution < 1.29 is 14.3 Å². The largest absolute Gasteiger partial charge is 0.496 e. The predicted molar refractivity (Wildman–Crippen MR) is 78.1 cm³/mol. The van der Waals surface area contributed by atoms with Gasteiger partial charge in [0, 0.05) is 13.2 Å². The van der Waals surface area contributed by atoms with Gasteiger partial charge in [0.1, 0.15) is 11.9 Å². The Labute approximate surface area is 120 Å². The van der Waals surface area contributed by atoms with Crippen LogP contribution in [0.15, 0.2) is 18.2 Å². The highest BCUT2D eigenvalue weighted by atomic mass is 16.5. The van der Waals surface area contributed by atoms with Gasteiger partial charge in [0.05, 0.1) is 7.11 Å². The highest BCUT2D eigenvalue weighted by Crippen LogP contribution is 2.20. The number of ether oxygens (including phenoxy) is 2. The van der Waals surface area contributed by atoms with Gasteiger partial charge in [-0.1, -0.05) is 19.1 Å². The van der Waals surface area contributed by atoms with Crippen molar-refractivity contribution in [1.29, 1.82) is 0 Å². The minimum absolute atomic E-state index is 0.0201. The molecule has 1 N–H and O–H groups in total. The zero-order valence-corrected chi connectivity index (χ0v) is 12.3. The fourth-order valence-corrected chi connectivity index (χ4v) is 2.49. The maximum atomic E-state index is 11.8. The summed E-state index contributed by atoms with van der Waals surface area (Å²) in [5, 5.41) is 2.94. The second-order valence-corrected chi connectivity index (χ2v) is 5.04. The van der Waals surface area contributed by atoms with E-state index in [2.05, 4.69) is 24.4 Å². The number of benzene rings is 1. The van der Waals surface area contributed by atoms with Crippen LogP contribution >= 0.6 is 0 Å². The molecule has 1 heterocycles. The fraction of sp³-hybridized carbons (Fsp3) is 0.562. The van der Waals surface area contributed by atoms with Crippen molar-refractivity contribution in [2.24, 2.45) is 0 Å². The minimum Gasteiger partial charge on any atom is -0.496 e. The average Bonchev–Trinajstić information content (AvgIpc) is 3.01. The molecule has 2 rings (SSSR count). The molecule has 1 saturated heterocycles. The van der Waals surface area contributed by atoms with Gasteiger partial charge in [-0.3, -0.25) is 4.79 Å². The van der Waals surface area contributed by atoms with E-state index in [1.54, 1.807) is 7.11 Å². The van der Waals surface area contributed by atoms with E-state index in [4.69, 9.17) is 9.47 Å². The molecule has 0 aromatic heterocycles. The van der Waals surface area contributed by atoms with E-state index >= 15 is 0 Å². The van der Waals surface area contributed by atoms with E-state index in [9.17, 15) is 4.79 Å². The van der Waals surface area contributed by atoms with Crippen molar-refractivity contribution in [3.05, 3.63) is 29.3 Å². The Bertz CT molecular complexity index is 453. The van der Waals surface area contributed by atoms with Crippen LogP contribution in [0.25, 0.3) is 0 Å². The molecule has 1 aliphatic heterocycles. The lowest BCUT2D eigenvalue weighted by Gasteiger charge is -2.12. The van der Waals surface area contributed by atoms with E-state index < -0.39 is 0 Å². The molecule has 1 atom stereocenters. The Kier molecular flexibility index (Phi) is 5.41. The van der Waals surface area contributed by atoms with Crippen LogP contribution in [0.1, 0.15) is 30.9 Å². The summed E-state index contributed by atoms with van der Waals surface area (Å²) in [7, 11) is 1.69. The van der Waals surface area contributed by atoms with E-state index in [1.165, 1.54) is 11.1 Å². The van der Waals surface area contributed by atoms with E-state index in [-0.39, 0.29) is 12.0 Å². The third-order valence-corrected chi connectivity index (χ3v) is 3.66. The van der Waals surface area contributed by atoms with Crippen LogP contribution in [-0.2, 0) is 22.4 Å². The topological polar surface area (TPSA) is 47.6 Å². The van der Waals surface area contributed by atoms with Crippen molar-refractivity contribution in [3.63, 3.8) is 0 Å². The first-order valence-corrected chi connectivity index (χ1v) is 7.29. The second-order valence-electron chi connectivity index (χ2n) is 5.04. The minimum atomic E-state index is -0.239. The van der Waals surface area contributed by atoms with E-state index in [0.717, 1.165) is 31.4 Å². The zero-order chi connectivity index (χ0) is 14.4. The third-order valence-electron chi connectivity index (χ3n) is 3.66. The van der Waals surface area contributed by atoms with E-state index in [0.29, 0.717) is 13.2 Å². The quantitative estimate of drug-likeness (QED) is 0.866. The Balaban J connectivity index is 1.83. The van der Waals surface area contributed by atoms with Crippen LogP contribution in [-0.4, -0.2) is 32.3 Å². The summed E-state index contributed by atoms with van der Waals surface area (Å²) in [5.41, 5.74) is 2.42. The summed E-state index contributed by atoms with van der Waals surface area (Å²) in [6, 6.07) is 6.20. The summed E-state index contributed by atoms with van der Waals surface area (Å²) < 4.78 is 10.7. The van der Waals surface area contributed by atoms with Crippen LogP contribution in [0.5, 0.6) is 5.75 Å². The Morgan fingerprint density at radius 2 is 2.35 bits per heavy atom. The number of carbonyl (C=O) groups excluding carboxylic acids is 1.